The monoisotopic (exact) mass is 472 g/mol. The second-order valence-corrected chi connectivity index (χ2v) is 8.59. The molecule has 1 atom stereocenters. The number of hydrogen-bond acceptors (Lipinski definition) is 5. The third kappa shape index (κ3) is 5.22. The first-order chi connectivity index (χ1) is 15.7. The van der Waals surface area contributed by atoms with Gasteiger partial charge in [-0.3, -0.25) is 14.6 Å². The minimum absolute atomic E-state index is 0.00868. The van der Waals surface area contributed by atoms with Crippen LogP contribution in [0.25, 0.3) is 17.1 Å². The molecule has 1 fully saturated rings. The summed E-state index contributed by atoms with van der Waals surface area (Å²) in [6, 6.07) is 7.85. The lowest BCUT2D eigenvalue weighted by Gasteiger charge is -2.30. The van der Waals surface area contributed by atoms with Crippen LogP contribution in [0.1, 0.15) is 25.5 Å². The van der Waals surface area contributed by atoms with Gasteiger partial charge in [0.05, 0.1) is 17.6 Å². The Morgan fingerprint density at radius 3 is 2.52 bits per heavy atom. The zero-order valence-electron chi connectivity index (χ0n) is 17.9. The van der Waals surface area contributed by atoms with Crippen molar-refractivity contribution in [2.75, 3.05) is 18.4 Å². The van der Waals surface area contributed by atoms with E-state index < -0.39 is 5.66 Å². The van der Waals surface area contributed by atoms with Crippen LogP contribution in [0.4, 0.5) is 14.5 Å². The van der Waals surface area contributed by atoms with Crippen LogP contribution < -0.4 is 5.32 Å². The Morgan fingerprint density at radius 2 is 1.94 bits per heavy atom. The van der Waals surface area contributed by atoms with Gasteiger partial charge < -0.3 is 10.2 Å². The maximum absolute atomic E-state index is 14.2. The normalized spacial score (nSPS) is 14.8. The van der Waals surface area contributed by atoms with Crippen molar-refractivity contribution in [2.45, 2.75) is 25.4 Å². The van der Waals surface area contributed by atoms with Crippen molar-refractivity contribution in [3.8, 4) is 17.1 Å². The van der Waals surface area contributed by atoms with Crippen molar-refractivity contribution in [1.82, 2.24) is 24.6 Å². The molecule has 2 amide bonds. The highest BCUT2D eigenvalue weighted by Crippen LogP contribution is 2.37. The minimum Gasteiger partial charge on any atom is -0.343 e. The minimum atomic E-state index is -3.23. The Balaban J connectivity index is 1.51. The van der Waals surface area contributed by atoms with E-state index in [4.69, 9.17) is 0 Å². The van der Waals surface area contributed by atoms with Crippen molar-refractivity contribution >= 4 is 26.7 Å². The van der Waals surface area contributed by atoms with Gasteiger partial charge in [0.1, 0.15) is 5.69 Å². The molecule has 1 aliphatic heterocycles. The number of nitrogens with zero attached hydrogens (tertiary/aromatic N) is 5. The highest BCUT2D eigenvalue weighted by molar-refractivity contribution is 7.17. The molecule has 0 radical (unpaired) electrons. The van der Waals surface area contributed by atoms with Crippen molar-refractivity contribution in [3.05, 3.63) is 54.6 Å². The second kappa shape index (κ2) is 9.31. The molecular weight excluding hydrogens is 449 g/mol. The van der Waals surface area contributed by atoms with Crippen LogP contribution >= 0.6 is 9.24 Å². The Morgan fingerprint density at radius 1 is 1.18 bits per heavy atom. The molecule has 172 valence electrons. The highest BCUT2D eigenvalue weighted by Gasteiger charge is 2.32. The van der Waals surface area contributed by atoms with Gasteiger partial charge in [-0.2, -0.15) is 13.9 Å². The SMILES string of the molecule is CC(=O)N1CCC(C(=O)Nc2ccc(-n3nc(-c4cccnc4)cc3C(F)(F)P)nc2)CC1. The largest absolute Gasteiger partial charge is 0.343 e. The number of pyridine rings is 2. The van der Waals surface area contributed by atoms with Crippen molar-refractivity contribution in [3.63, 3.8) is 0 Å². The average molecular weight is 472 g/mol. The lowest BCUT2D eigenvalue weighted by Crippen LogP contribution is -2.40. The van der Waals surface area contributed by atoms with Crippen LogP contribution in [0, 0.1) is 5.92 Å². The molecule has 0 bridgehead atoms. The first-order valence-electron chi connectivity index (χ1n) is 10.4. The summed E-state index contributed by atoms with van der Waals surface area (Å²) in [6.45, 7) is 2.62. The molecule has 3 aromatic heterocycles. The molecule has 0 spiro atoms. The summed E-state index contributed by atoms with van der Waals surface area (Å²) in [7, 11) is 1.52. The number of halogens is 2. The van der Waals surface area contributed by atoms with E-state index in [-0.39, 0.29) is 29.2 Å². The van der Waals surface area contributed by atoms with Crippen LogP contribution in [0.5, 0.6) is 0 Å². The summed E-state index contributed by atoms with van der Waals surface area (Å²) in [4.78, 5) is 34.0. The van der Waals surface area contributed by atoms with E-state index in [9.17, 15) is 18.4 Å². The predicted molar refractivity (Wildman–Crippen MR) is 122 cm³/mol. The summed E-state index contributed by atoms with van der Waals surface area (Å²) >= 11 is 0. The molecule has 1 aliphatic rings. The molecule has 1 unspecified atom stereocenters. The van der Waals surface area contributed by atoms with E-state index in [2.05, 4.69) is 20.4 Å². The summed E-state index contributed by atoms with van der Waals surface area (Å²) in [6.07, 6.45) is 5.73. The fourth-order valence-corrected chi connectivity index (χ4v) is 3.94. The molecule has 3 aromatic rings. The van der Waals surface area contributed by atoms with Gasteiger partial charge in [-0.1, -0.05) is 9.24 Å². The van der Waals surface area contributed by atoms with Gasteiger partial charge in [0.25, 0.3) is 5.66 Å². The van der Waals surface area contributed by atoms with E-state index in [0.29, 0.717) is 42.9 Å². The van der Waals surface area contributed by atoms with Crippen LogP contribution in [-0.2, 0) is 15.3 Å². The molecule has 8 nitrogen and oxygen atoms in total. The van der Waals surface area contributed by atoms with E-state index >= 15 is 0 Å². The Kier molecular flexibility index (Phi) is 6.47. The molecule has 11 heteroatoms. The number of alkyl halides is 2. The quantitative estimate of drug-likeness (QED) is 0.575. The predicted octanol–water partition coefficient (Wildman–Crippen LogP) is 3.45. The molecule has 33 heavy (non-hydrogen) atoms. The number of amides is 2. The molecule has 1 saturated heterocycles. The molecule has 0 saturated carbocycles. The van der Waals surface area contributed by atoms with E-state index in [0.717, 1.165) is 4.68 Å². The van der Waals surface area contributed by atoms with Crippen LogP contribution in [0.3, 0.4) is 0 Å². The number of nitrogens with one attached hydrogen (secondary N) is 1. The number of piperidine rings is 1. The van der Waals surface area contributed by atoms with Crippen molar-refractivity contribution < 1.29 is 18.4 Å². The number of rotatable bonds is 5. The van der Waals surface area contributed by atoms with Crippen LogP contribution in [-0.4, -0.2) is 49.6 Å². The van der Waals surface area contributed by atoms with Crippen molar-refractivity contribution in [1.29, 1.82) is 0 Å². The molecular formula is C22H23F2N6O2P. The maximum Gasteiger partial charge on any atom is 0.300 e. The third-order valence-electron chi connectivity index (χ3n) is 5.55. The highest BCUT2D eigenvalue weighted by atomic mass is 31.0. The number of aromatic nitrogens is 4. The first kappa shape index (κ1) is 22.9. The number of carbonyl (C=O) groups excluding carboxylic acids is 2. The Labute approximate surface area is 191 Å². The number of likely N-dealkylation sites (tertiary alicyclic amines) is 1. The lowest BCUT2D eigenvalue weighted by molar-refractivity contribution is -0.132. The summed E-state index contributed by atoms with van der Waals surface area (Å²) in [5, 5.41) is 7.12. The van der Waals surface area contributed by atoms with Gasteiger partial charge in [-0.05, 0) is 43.2 Å². The van der Waals surface area contributed by atoms with Gasteiger partial charge >= 0.3 is 0 Å². The maximum atomic E-state index is 14.2. The Hall–Kier alpha value is -3.26. The van der Waals surface area contributed by atoms with Gasteiger partial charge in [-0.15, -0.1) is 0 Å². The smallest absolute Gasteiger partial charge is 0.300 e. The topological polar surface area (TPSA) is 93.0 Å². The molecule has 4 heterocycles. The van der Waals surface area contributed by atoms with Gasteiger partial charge in [0, 0.05) is 43.9 Å². The number of hydrogen-bond donors (Lipinski definition) is 1. The fourth-order valence-electron chi connectivity index (χ4n) is 3.73. The first-order valence-corrected chi connectivity index (χ1v) is 11.0. The zero-order chi connectivity index (χ0) is 23.6. The third-order valence-corrected chi connectivity index (χ3v) is 5.85. The van der Waals surface area contributed by atoms with E-state index in [1.807, 2.05) is 0 Å². The average Bonchev–Trinajstić information content (AvgIpc) is 3.26. The standard InChI is InChI=1S/C22H23F2N6O2P/c1-14(31)29-9-6-15(7-10-29)21(32)27-17-4-5-20(26-13-17)30-19(22(23,24)33)11-18(28-30)16-3-2-8-25-12-16/h2-5,8,11-13,15H,6-7,9-10,33H2,1H3,(H,27,32). The van der Waals surface area contributed by atoms with Crippen LogP contribution in [0.2, 0.25) is 0 Å². The summed E-state index contributed by atoms with van der Waals surface area (Å²) in [5.41, 5.74) is -2.16. The number of carbonyl (C=O) groups is 2. The van der Waals surface area contributed by atoms with Crippen LogP contribution in [0.15, 0.2) is 48.9 Å². The fraction of sp³-hybridized carbons (Fsp3) is 0.318. The number of anilines is 1. The molecule has 4 rings (SSSR count). The van der Waals surface area contributed by atoms with Gasteiger partial charge in [0.2, 0.25) is 11.8 Å². The van der Waals surface area contributed by atoms with Gasteiger partial charge in [0.15, 0.2) is 5.82 Å². The lowest BCUT2D eigenvalue weighted by atomic mass is 9.96. The second-order valence-electron chi connectivity index (χ2n) is 7.87. The summed E-state index contributed by atoms with van der Waals surface area (Å²) < 4.78 is 29.6. The zero-order valence-corrected chi connectivity index (χ0v) is 19.1. The van der Waals surface area contributed by atoms with Crippen molar-refractivity contribution in [2.24, 2.45) is 5.92 Å². The molecule has 0 aliphatic carbocycles. The Bertz CT molecular complexity index is 1140. The van der Waals surface area contributed by atoms with Gasteiger partial charge in [-0.25, -0.2) is 9.67 Å². The van der Waals surface area contributed by atoms with E-state index in [1.165, 1.54) is 34.5 Å². The molecule has 1 N–H and O–H groups in total. The van der Waals surface area contributed by atoms with E-state index in [1.54, 1.807) is 35.5 Å². The summed E-state index contributed by atoms with van der Waals surface area (Å²) in [5.74, 6) is -0.150. The molecule has 0 aromatic carbocycles.